The third-order valence-corrected chi connectivity index (χ3v) is 4.40. The van der Waals surface area contributed by atoms with E-state index in [1.807, 2.05) is 34.6 Å². The fraction of sp³-hybridized carbons (Fsp3) is 0.562. The zero-order valence-electron chi connectivity index (χ0n) is 13.2. The average molecular weight is 280 g/mol. The fourth-order valence-electron chi connectivity index (χ4n) is 1.86. The third kappa shape index (κ3) is 3.18. The van der Waals surface area contributed by atoms with E-state index in [9.17, 15) is 9.18 Å². The number of rotatable bonds is 4. The lowest BCUT2D eigenvalue weighted by molar-refractivity contribution is -0.144. The van der Waals surface area contributed by atoms with Crippen molar-refractivity contribution in [3.05, 3.63) is 35.6 Å². The molecule has 1 amide bonds. The molecule has 3 nitrogen and oxygen atoms in total. The molecule has 0 aliphatic rings. The Balaban J connectivity index is 2.97. The predicted molar refractivity (Wildman–Crippen MR) is 79.6 cm³/mol. The lowest BCUT2D eigenvalue weighted by Crippen LogP contribution is -2.56. The van der Waals surface area contributed by atoms with Gasteiger partial charge in [-0.15, -0.1) is 0 Å². The molecule has 0 aromatic heterocycles. The van der Waals surface area contributed by atoms with Gasteiger partial charge in [0.25, 0.3) is 0 Å². The molecule has 0 heterocycles. The molecular weight excluding hydrogens is 255 g/mol. The van der Waals surface area contributed by atoms with Crippen LogP contribution in [0.25, 0.3) is 0 Å². The Morgan fingerprint density at radius 2 is 1.65 bits per heavy atom. The SMILES string of the molecule is CC(c1ccc(F)cc1)N(C)C(=O)C(C)(C)C(C)(C)N. The van der Waals surface area contributed by atoms with E-state index in [-0.39, 0.29) is 17.8 Å². The Morgan fingerprint density at radius 1 is 1.20 bits per heavy atom. The Labute approximate surface area is 121 Å². The van der Waals surface area contributed by atoms with Gasteiger partial charge in [-0.05, 0) is 52.3 Å². The summed E-state index contributed by atoms with van der Waals surface area (Å²) in [6.07, 6.45) is 0. The van der Waals surface area contributed by atoms with Crippen molar-refractivity contribution < 1.29 is 9.18 Å². The number of nitrogens with zero attached hydrogens (tertiary/aromatic N) is 1. The van der Waals surface area contributed by atoms with E-state index >= 15 is 0 Å². The predicted octanol–water partition coefficient (Wildman–Crippen LogP) is 3.11. The topological polar surface area (TPSA) is 46.3 Å². The van der Waals surface area contributed by atoms with Gasteiger partial charge in [-0.3, -0.25) is 4.79 Å². The number of nitrogens with two attached hydrogens (primary N) is 1. The summed E-state index contributed by atoms with van der Waals surface area (Å²) >= 11 is 0. The van der Waals surface area contributed by atoms with Crippen LogP contribution in [0.3, 0.4) is 0 Å². The second kappa shape index (κ2) is 5.52. The first-order chi connectivity index (χ1) is 8.98. The molecule has 0 saturated carbocycles. The molecular formula is C16H25FN2O. The van der Waals surface area contributed by atoms with Gasteiger partial charge in [-0.1, -0.05) is 12.1 Å². The first-order valence-corrected chi connectivity index (χ1v) is 6.80. The van der Waals surface area contributed by atoms with Crippen molar-refractivity contribution in [2.24, 2.45) is 11.1 Å². The number of carbonyl (C=O) groups is 1. The van der Waals surface area contributed by atoms with Crippen LogP contribution in [-0.4, -0.2) is 23.4 Å². The largest absolute Gasteiger partial charge is 0.338 e. The summed E-state index contributed by atoms with van der Waals surface area (Å²) in [4.78, 5) is 14.3. The van der Waals surface area contributed by atoms with Crippen LogP contribution in [0.1, 0.15) is 46.2 Å². The standard InChI is InChI=1S/C16H25FN2O/c1-11(12-7-9-13(17)10-8-12)19(6)14(20)15(2,3)16(4,5)18/h7-11H,18H2,1-6H3. The molecule has 112 valence electrons. The number of hydrogen-bond acceptors (Lipinski definition) is 2. The van der Waals surface area contributed by atoms with Crippen LogP contribution in [0.2, 0.25) is 0 Å². The van der Waals surface area contributed by atoms with Gasteiger partial charge in [0.1, 0.15) is 5.82 Å². The van der Waals surface area contributed by atoms with Crippen LogP contribution in [0, 0.1) is 11.2 Å². The molecule has 0 radical (unpaired) electrons. The van der Waals surface area contributed by atoms with E-state index in [4.69, 9.17) is 5.73 Å². The molecule has 1 aromatic rings. The van der Waals surface area contributed by atoms with Crippen molar-refractivity contribution in [2.45, 2.75) is 46.2 Å². The third-order valence-electron chi connectivity index (χ3n) is 4.40. The Morgan fingerprint density at radius 3 is 2.05 bits per heavy atom. The van der Waals surface area contributed by atoms with Gasteiger partial charge in [-0.2, -0.15) is 0 Å². The van der Waals surface area contributed by atoms with Crippen LogP contribution in [0.15, 0.2) is 24.3 Å². The summed E-state index contributed by atoms with van der Waals surface area (Å²) in [7, 11) is 1.75. The lowest BCUT2D eigenvalue weighted by atomic mass is 9.74. The quantitative estimate of drug-likeness (QED) is 0.921. The van der Waals surface area contributed by atoms with E-state index < -0.39 is 11.0 Å². The van der Waals surface area contributed by atoms with E-state index in [0.717, 1.165) is 5.56 Å². The van der Waals surface area contributed by atoms with Crippen LogP contribution in [0.4, 0.5) is 4.39 Å². The monoisotopic (exact) mass is 280 g/mol. The molecule has 1 atom stereocenters. The maximum absolute atomic E-state index is 13.0. The molecule has 1 unspecified atom stereocenters. The molecule has 4 heteroatoms. The number of benzene rings is 1. The maximum Gasteiger partial charge on any atom is 0.230 e. The van der Waals surface area contributed by atoms with Gasteiger partial charge in [0.15, 0.2) is 0 Å². The Hall–Kier alpha value is -1.42. The summed E-state index contributed by atoms with van der Waals surface area (Å²) in [5, 5.41) is 0. The van der Waals surface area contributed by atoms with Gasteiger partial charge in [0, 0.05) is 12.6 Å². The molecule has 1 aromatic carbocycles. The second-order valence-corrected chi connectivity index (χ2v) is 6.49. The zero-order valence-corrected chi connectivity index (χ0v) is 13.2. The van der Waals surface area contributed by atoms with E-state index in [1.165, 1.54) is 12.1 Å². The molecule has 0 spiro atoms. The highest BCUT2D eigenvalue weighted by Gasteiger charge is 2.42. The van der Waals surface area contributed by atoms with E-state index in [0.29, 0.717) is 0 Å². The zero-order chi connectivity index (χ0) is 15.7. The number of halogens is 1. The van der Waals surface area contributed by atoms with Gasteiger partial charge in [0.05, 0.1) is 11.5 Å². The lowest BCUT2D eigenvalue weighted by Gasteiger charge is -2.41. The van der Waals surface area contributed by atoms with E-state index in [1.54, 1.807) is 24.1 Å². The van der Waals surface area contributed by atoms with Crippen LogP contribution in [-0.2, 0) is 4.79 Å². The summed E-state index contributed by atoms with van der Waals surface area (Å²) < 4.78 is 13.0. The van der Waals surface area contributed by atoms with Crippen molar-refractivity contribution >= 4 is 5.91 Å². The molecule has 0 saturated heterocycles. The molecule has 0 bridgehead atoms. The van der Waals surface area contributed by atoms with Crippen molar-refractivity contribution in [3.63, 3.8) is 0 Å². The molecule has 1 rings (SSSR count). The van der Waals surface area contributed by atoms with Crippen molar-refractivity contribution in [1.82, 2.24) is 4.90 Å². The minimum absolute atomic E-state index is 0.0261. The van der Waals surface area contributed by atoms with Gasteiger partial charge in [0.2, 0.25) is 5.91 Å². The van der Waals surface area contributed by atoms with E-state index in [2.05, 4.69) is 0 Å². The molecule has 0 aliphatic heterocycles. The summed E-state index contributed by atoms with van der Waals surface area (Å²) in [5.41, 5.74) is 5.70. The van der Waals surface area contributed by atoms with Crippen LogP contribution < -0.4 is 5.73 Å². The highest BCUT2D eigenvalue weighted by molar-refractivity contribution is 5.83. The first kappa shape index (κ1) is 16.6. The minimum atomic E-state index is -0.684. The molecule has 0 aliphatic carbocycles. The number of hydrogen-bond donors (Lipinski definition) is 1. The highest BCUT2D eigenvalue weighted by Crippen LogP contribution is 2.33. The summed E-state index contributed by atoms with van der Waals surface area (Å²) in [5.74, 6) is -0.305. The molecule has 0 fully saturated rings. The summed E-state index contributed by atoms with van der Waals surface area (Å²) in [6.45, 7) is 9.32. The second-order valence-electron chi connectivity index (χ2n) is 6.49. The fourth-order valence-corrected chi connectivity index (χ4v) is 1.86. The Bertz CT molecular complexity index is 474. The smallest absolute Gasteiger partial charge is 0.230 e. The van der Waals surface area contributed by atoms with Crippen molar-refractivity contribution in [3.8, 4) is 0 Å². The number of carbonyl (C=O) groups excluding carboxylic acids is 1. The first-order valence-electron chi connectivity index (χ1n) is 6.80. The molecule has 2 N–H and O–H groups in total. The van der Waals surface area contributed by atoms with Crippen LogP contribution in [0.5, 0.6) is 0 Å². The normalized spacial score (nSPS) is 14.0. The van der Waals surface area contributed by atoms with Gasteiger partial charge >= 0.3 is 0 Å². The highest BCUT2D eigenvalue weighted by atomic mass is 19.1. The molecule has 20 heavy (non-hydrogen) atoms. The van der Waals surface area contributed by atoms with Crippen molar-refractivity contribution in [2.75, 3.05) is 7.05 Å². The van der Waals surface area contributed by atoms with Gasteiger partial charge in [-0.25, -0.2) is 4.39 Å². The number of amides is 1. The Kier molecular flexibility index (Phi) is 4.59. The minimum Gasteiger partial charge on any atom is -0.338 e. The van der Waals surface area contributed by atoms with Crippen molar-refractivity contribution in [1.29, 1.82) is 0 Å². The van der Waals surface area contributed by atoms with Gasteiger partial charge < -0.3 is 10.6 Å². The van der Waals surface area contributed by atoms with Crippen LogP contribution >= 0.6 is 0 Å². The maximum atomic E-state index is 13.0. The summed E-state index contributed by atoms with van der Waals surface area (Å²) in [6, 6.07) is 6.07. The average Bonchev–Trinajstić information content (AvgIpc) is 2.35.